The number of carbonyl (C=O) groups is 2. The van der Waals surface area contributed by atoms with Crippen molar-refractivity contribution in [3.05, 3.63) is 74.0 Å². The standard InChI is InChI=1S/C23H19Cl2FN2O5S/c1-3-33-10-12-5-4-6-14(20(12)26)18-11-34-23(27-18)28-21(29)13-7-16(24)15(17(25)8-13)9-19(32-2)22(30)31/h4-9,11H,3,10H2,1-2H3,(H,30,31)(H,27,28,29). The van der Waals surface area contributed by atoms with Crippen molar-refractivity contribution in [1.82, 2.24) is 4.98 Å². The molecule has 0 saturated heterocycles. The number of rotatable bonds is 9. The minimum atomic E-state index is -1.30. The van der Waals surface area contributed by atoms with E-state index in [0.29, 0.717) is 23.4 Å². The molecule has 0 fully saturated rings. The average Bonchev–Trinajstić information content (AvgIpc) is 3.25. The molecular formula is C23H19Cl2FN2O5S. The molecule has 0 aliphatic carbocycles. The van der Waals surface area contributed by atoms with Gasteiger partial charge in [-0.05, 0) is 31.2 Å². The van der Waals surface area contributed by atoms with Gasteiger partial charge >= 0.3 is 5.97 Å². The lowest BCUT2D eigenvalue weighted by atomic mass is 10.1. The van der Waals surface area contributed by atoms with Crippen LogP contribution in [0.5, 0.6) is 0 Å². The van der Waals surface area contributed by atoms with Crippen molar-refractivity contribution in [2.75, 3.05) is 19.0 Å². The summed E-state index contributed by atoms with van der Waals surface area (Å²) >= 11 is 13.6. The first-order chi connectivity index (χ1) is 16.2. The number of thiazole rings is 1. The number of benzene rings is 2. The van der Waals surface area contributed by atoms with Crippen molar-refractivity contribution in [2.45, 2.75) is 13.5 Å². The lowest BCUT2D eigenvalue weighted by Crippen LogP contribution is -2.12. The molecule has 7 nitrogen and oxygen atoms in total. The van der Waals surface area contributed by atoms with Gasteiger partial charge in [0.1, 0.15) is 5.82 Å². The SMILES string of the molecule is CCOCc1cccc(-c2csc(NC(=O)c3cc(Cl)c(C=C(OC)C(=O)O)c(Cl)c3)n2)c1F. The number of aromatic nitrogens is 1. The van der Waals surface area contributed by atoms with Gasteiger partial charge in [-0.15, -0.1) is 11.3 Å². The molecule has 34 heavy (non-hydrogen) atoms. The van der Waals surface area contributed by atoms with Crippen LogP contribution in [-0.4, -0.2) is 35.7 Å². The van der Waals surface area contributed by atoms with E-state index in [-0.39, 0.29) is 38.7 Å². The summed E-state index contributed by atoms with van der Waals surface area (Å²) in [6, 6.07) is 7.64. The molecule has 178 valence electrons. The molecule has 0 radical (unpaired) electrons. The highest BCUT2D eigenvalue weighted by molar-refractivity contribution is 7.14. The summed E-state index contributed by atoms with van der Waals surface area (Å²) in [4.78, 5) is 28.2. The van der Waals surface area contributed by atoms with E-state index in [0.717, 1.165) is 17.4 Å². The molecule has 1 heterocycles. The van der Waals surface area contributed by atoms with Crippen LogP contribution in [0.1, 0.15) is 28.4 Å². The largest absolute Gasteiger partial charge is 0.490 e. The van der Waals surface area contributed by atoms with Crippen molar-refractivity contribution in [2.24, 2.45) is 0 Å². The number of ether oxygens (including phenoxy) is 2. The third-order valence-electron chi connectivity index (χ3n) is 4.59. The molecule has 0 atom stereocenters. The molecule has 3 aromatic rings. The fourth-order valence-corrected chi connectivity index (χ4v) is 4.22. The van der Waals surface area contributed by atoms with Gasteiger partial charge < -0.3 is 14.6 Å². The zero-order chi connectivity index (χ0) is 24.8. The number of hydrogen-bond donors (Lipinski definition) is 2. The van der Waals surface area contributed by atoms with Crippen LogP contribution >= 0.6 is 34.5 Å². The number of halogens is 3. The number of nitrogens with zero attached hydrogens (tertiary/aromatic N) is 1. The second kappa shape index (κ2) is 11.4. The summed E-state index contributed by atoms with van der Waals surface area (Å²) in [6.45, 7) is 2.44. The van der Waals surface area contributed by atoms with Crippen LogP contribution in [-0.2, 0) is 20.9 Å². The summed E-state index contributed by atoms with van der Waals surface area (Å²) in [7, 11) is 1.20. The molecular weight excluding hydrogens is 506 g/mol. The number of hydrogen-bond acceptors (Lipinski definition) is 6. The molecule has 3 rings (SSSR count). The predicted octanol–water partition coefficient (Wildman–Crippen LogP) is 6.12. The molecule has 1 amide bonds. The molecule has 1 aromatic heterocycles. The van der Waals surface area contributed by atoms with Gasteiger partial charge in [0.25, 0.3) is 5.91 Å². The van der Waals surface area contributed by atoms with Gasteiger partial charge in [-0.2, -0.15) is 0 Å². The van der Waals surface area contributed by atoms with Crippen LogP contribution in [0.15, 0.2) is 41.5 Å². The summed E-state index contributed by atoms with van der Waals surface area (Å²) < 4.78 is 24.9. The monoisotopic (exact) mass is 524 g/mol. The first kappa shape index (κ1) is 25.6. The Kier molecular flexibility index (Phi) is 8.62. The first-order valence-electron chi connectivity index (χ1n) is 9.85. The highest BCUT2D eigenvalue weighted by atomic mass is 35.5. The predicted molar refractivity (Wildman–Crippen MR) is 130 cm³/mol. The first-order valence-corrected chi connectivity index (χ1v) is 11.5. The Morgan fingerprint density at radius 2 is 1.97 bits per heavy atom. The third kappa shape index (κ3) is 5.92. The molecule has 0 spiro atoms. The van der Waals surface area contributed by atoms with Gasteiger partial charge in [-0.3, -0.25) is 10.1 Å². The van der Waals surface area contributed by atoms with Gasteiger partial charge in [-0.1, -0.05) is 35.3 Å². The minimum absolute atomic E-state index is 0.0569. The normalized spacial score (nSPS) is 11.4. The van der Waals surface area contributed by atoms with Crippen molar-refractivity contribution in [1.29, 1.82) is 0 Å². The van der Waals surface area contributed by atoms with Crippen LogP contribution in [0.25, 0.3) is 17.3 Å². The van der Waals surface area contributed by atoms with Gasteiger partial charge in [0, 0.05) is 34.2 Å². The van der Waals surface area contributed by atoms with Crippen LogP contribution in [0.3, 0.4) is 0 Å². The number of anilines is 1. The Bertz CT molecular complexity index is 1240. The fourth-order valence-electron chi connectivity index (χ4n) is 2.92. The molecule has 2 aromatic carbocycles. The van der Waals surface area contributed by atoms with Crippen molar-refractivity contribution in [3.63, 3.8) is 0 Å². The van der Waals surface area contributed by atoms with E-state index in [9.17, 15) is 14.0 Å². The Labute approximate surface area is 208 Å². The number of amides is 1. The highest BCUT2D eigenvalue weighted by Gasteiger charge is 2.17. The summed E-state index contributed by atoms with van der Waals surface area (Å²) in [6.07, 6.45) is 1.16. The van der Waals surface area contributed by atoms with Crippen LogP contribution in [0, 0.1) is 5.82 Å². The summed E-state index contributed by atoms with van der Waals surface area (Å²) in [5, 5.41) is 13.7. The van der Waals surface area contributed by atoms with E-state index in [1.54, 1.807) is 23.6 Å². The zero-order valence-electron chi connectivity index (χ0n) is 18.0. The Morgan fingerprint density at radius 1 is 1.26 bits per heavy atom. The molecule has 2 N–H and O–H groups in total. The summed E-state index contributed by atoms with van der Waals surface area (Å²) in [5.74, 6) is -2.64. The van der Waals surface area contributed by atoms with Gasteiger partial charge in [0.15, 0.2) is 5.13 Å². The molecule has 0 aliphatic heterocycles. The van der Waals surface area contributed by atoms with Crippen molar-refractivity contribution < 1.29 is 28.6 Å². The quantitative estimate of drug-likeness (QED) is 0.258. The molecule has 0 bridgehead atoms. The lowest BCUT2D eigenvalue weighted by Gasteiger charge is -2.08. The number of carboxylic acids is 1. The average molecular weight is 525 g/mol. The summed E-state index contributed by atoms with van der Waals surface area (Å²) in [5.41, 5.74) is 1.40. The third-order valence-corrected chi connectivity index (χ3v) is 5.97. The number of nitrogens with one attached hydrogen (secondary N) is 1. The van der Waals surface area contributed by atoms with Crippen LogP contribution < -0.4 is 5.32 Å². The second-order valence-corrected chi connectivity index (χ2v) is 8.45. The Morgan fingerprint density at radius 3 is 2.59 bits per heavy atom. The van der Waals surface area contributed by atoms with E-state index in [1.807, 2.05) is 6.92 Å². The van der Waals surface area contributed by atoms with Crippen molar-refractivity contribution in [3.8, 4) is 11.3 Å². The second-order valence-electron chi connectivity index (χ2n) is 6.78. The van der Waals surface area contributed by atoms with Crippen molar-refractivity contribution >= 4 is 57.6 Å². The fraction of sp³-hybridized carbons (Fsp3) is 0.174. The number of methoxy groups -OCH3 is 1. The zero-order valence-corrected chi connectivity index (χ0v) is 20.4. The molecule has 0 aliphatic rings. The number of carboxylic acid groups (broad SMARTS) is 1. The Balaban J connectivity index is 1.81. The Hall–Kier alpha value is -2.98. The highest BCUT2D eigenvalue weighted by Crippen LogP contribution is 2.31. The lowest BCUT2D eigenvalue weighted by molar-refractivity contribution is -0.135. The van der Waals surface area contributed by atoms with Gasteiger partial charge in [0.2, 0.25) is 5.76 Å². The molecule has 0 saturated carbocycles. The smallest absolute Gasteiger partial charge is 0.371 e. The van der Waals surface area contributed by atoms with E-state index in [2.05, 4.69) is 10.3 Å². The number of carbonyl (C=O) groups excluding carboxylic acids is 1. The van der Waals surface area contributed by atoms with Crippen LogP contribution in [0.2, 0.25) is 10.0 Å². The maximum atomic E-state index is 14.8. The maximum Gasteiger partial charge on any atom is 0.371 e. The van der Waals surface area contributed by atoms with E-state index in [1.165, 1.54) is 19.2 Å². The molecule has 11 heteroatoms. The minimum Gasteiger partial charge on any atom is -0.490 e. The van der Waals surface area contributed by atoms with Gasteiger partial charge in [-0.25, -0.2) is 14.2 Å². The number of aliphatic carboxylic acids is 1. The molecule has 0 unspecified atom stereocenters. The van der Waals surface area contributed by atoms with Gasteiger partial charge in [0.05, 0.1) is 29.5 Å². The topological polar surface area (TPSA) is 97.8 Å². The van der Waals surface area contributed by atoms with E-state index in [4.69, 9.17) is 37.8 Å². The van der Waals surface area contributed by atoms with Crippen LogP contribution in [0.4, 0.5) is 9.52 Å². The van der Waals surface area contributed by atoms with E-state index >= 15 is 0 Å². The maximum absolute atomic E-state index is 14.8. The van der Waals surface area contributed by atoms with E-state index < -0.39 is 17.7 Å².